The van der Waals surface area contributed by atoms with Gasteiger partial charge in [0.05, 0.1) is 11.6 Å². The van der Waals surface area contributed by atoms with Gasteiger partial charge in [-0.2, -0.15) is 5.26 Å². The van der Waals surface area contributed by atoms with E-state index in [1.54, 1.807) is 24.3 Å². The monoisotopic (exact) mass is 254 g/mol. The van der Waals surface area contributed by atoms with E-state index >= 15 is 0 Å². The number of rotatable bonds is 3. The third-order valence-corrected chi connectivity index (χ3v) is 2.85. The van der Waals surface area contributed by atoms with Gasteiger partial charge in [0.2, 0.25) is 5.95 Å². The average Bonchev–Trinajstić information content (AvgIpc) is 2.39. The van der Waals surface area contributed by atoms with E-state index in [1.165, 1.54) is 0 Å². The van der Waals surface area contributed by atoms with Crippen molar-refractivity contribution in [1.82, 2.24) is 9.97 Å². The summed E-state index contributed by atoms with van der Waals surface area (Å²) in [7, 11) is 0. The Kier molecular flexibility index (Phi) is 3.62. The van der Waals surface area contributed by atoms with Crippen LogP contribution in [0.5, 0.6) is 0 Å². The summed E-state index contributed by atoms with van der Waals surface area (Å²) in [6.45, 7) is 3.74. The van der Waals surface area contributed by atoms with E-state index in [0.29, 0.717) is 23.5 Å². The Morgan fingerprint density at radius 1 is 1.37 bits per heavy atom. The number of H-pyrrole nitrogens is 1. The van der Waals surface area contributed by atoms with Gasteiger partial charge in [-0.25, -0.2) is 4.98 Å². The highest BCUT2D eigenvalue weighted by atomic mass is 16.1. The summed E-state index contributed by atoms with van der Waals surface area (Å²) < 4.78 is 0. The molecule has 0 aliphatic carbocycles. The van der Waals surface area contributed by atoms with Gasteiger partial charge in [0.15, 0.2) is 0 Å². The van der Waals surface area contributed by atoms with Crippen LogP contribution in [0.1, 0.15) is 23.7 Å². The van der Waals surface area contributed by atoms with E-state index in [0.717, 1.165) is 11.4 Å². The minimum atomic E-state index is -0.119. The first kappa shape index (κ1) is 12.8. The van der Waals surface area contributed by atoms with E-state index in [9.17, 15) is 4.79 Å². The molecule has 0 spiro atoms. The number of nitrogens with one attached hydrogen (secondary N) is 2. The summed E-state index contributed by atoms with van der Waals surface area (Å²) in [5.41, 5.74) is 2.66. The van der Waals surface area contributed by atoms with Crippen molar-refractivity contribution in [1.29, 1.82) is 5.26 Å². The van der Waals surface area contributed by atoms with Crippen molar-refractivity contribution in [2.24, 2.45) is 0 Å². The van der Waals surface area contributed by atoms with E-state index in [4.69, 9.17) is 5.26 Å². The molecule has 1 aromatic heterocycles. The van der Waals surface area contributed by atoms with Crippen molar-refractivity contribution in [3.05, 3.63) is 51.4 Å². The van der Waals surface area contributed by atoms with Gasteiger partial charge in [0.1, 0.15) is 0 Å². The molecular formula is C14H14N4O. The van der Waals surface area contributed by atoms with Crippen LogP contribution in [-0.2, 0) is 6.42 Å². The second-order valence-corrected chi connectivity index (χ2v) is 4.15. The van der Waals surface area contributed by atoms with Crippen LogP contribution in [0.2, 0.25) is 0 Å². The van der Waals surface area contributed by atoms with Gasteiger partial charge in [-0.1, -0.05) is 6.92 Å². The molecule has 0 saturated carbocycles. The minimum absolute atomic E-state index is 0.119. The Labute approximate surface area is 110 Å². The van der Waals surface area contributed by atoms with E-state index in [2.05, 4.69) is 21.4 Å². The van der Waals surface area contributed by atoms with Crippen molar-refractivity contribution in [3.63, 3.8) is 0 Å². The van der Waals surface area contributed by atoms with Crippen LogP contribution in [0.4, 0.5) is 11.6 Å². The van der Waals surface area contributed by atoms with Crippen molar-refractivity contribution >= 4 is 11.6 Å². The molecular weight excluding hydrogens is 240 g/mol. The number of aryl methyl sites for hydroxylation is 1. The van der Waals surface area contributed by atoms with Gasteiger partial charge in [0, 0.05) is 16.9 Å². The van der Waals surface area contributed by atoms with Crippen molar-refractivity contribution < 1.29 is 0 Å². The zero-order valence-electron chi connectivity index (χ0n) is 10.8. The van der Waals surface area contributed by atoms with Gasteiger partial charge in [-0.3, -0.25) is 9.78 Å². The molecule has 5 nitrogen and oxygen atoms in total. The number of anilines is 2. The fourth-order valence-corrected chi connectivity index (χ4v) is 1.85. The van der Waals surface area contributed by atoms with Crippen LogP contribution in [0.15, 0.2) is 29.1 Å². The maximum Gasteiger partial charge on any atom is 0.255 e. The summed E-state index contributed by atoms with van der Waals surface area (Å²) in [4.78, 5) is 18.8. The molecule has 0 aliphatic rings. The molecule has 0 amide bonds. The number of hydrogen-bond acceptors (Lipinski definition) is 4. The molecule has 0 saturated heterocycles. The molecule has 2 aromatic rings. The van der Waals surface area contributed by atoms with Crippen molar-refractivity contribution in [2.45, 2.75) is 20.3 Å². The SMILES string of the molecule is CCc1c(C)nc(Nc2ccc(C#N)cc2)[nH]c1=O. The zero-order chi connectivity index (χ0) is 13.8. The standard InChI is InChI=1S/C14H14N4O/c1-3-12-9(2)16-14(18-13(12)19)17-11-6-4-10(8-15)5-7-11/h4-7H,3H2,1-2H3,(H2,16,17,18,19). The summed E-state index contributed by atoms with van der Waals surface area (Å²) in [5.74, 6) is 0.407. The van der Waals surface area contributed by atoms with Crippen molar-refractivity contribution in [2.75, 3.05) is 5.32 Å². The molecule has 2 rings (SSSR count). The molecule has 0 atom stereocenters. The molecule has 0 radical (unpaired) electrons. The van der Waals surface area contributed by atoms with Gasteiger partial charge in [-0.15, -0.1) is 0 Å². The van der Waals surface area contributed by atoms with Crippen LogP contribution in [0.3, 0.4) is 0 Å². The summed E-state index contributed by atoms with van der Waals surface area (Å²) in [6, 6.07) is 8.99. The molecule has 5 heteroatoms. The van der Waals surface area contributed by atoms with Gasteiger partial charge < -0.3 is 5.32 Å². The second-order valence-electron chi connectivity index (χ2n) is 4.15. The molecule has 0 fully saturated rings. The second kappa shape index (κ2) is 5.36. The van der Waals surface area contributed by atoms with E-state index < -0.39 is 0 Å². The number of hydrogen-bond donors (Lipinski definition) is 2. The number of nitrogens with zero attached hydrogens (tertiary/aromatic N) is 2. The lowest BCUT2D eigenvalue weighted by Crippen LogP contribution is -2.17. The molecule has 96 valence electrons. The number of benzene rings is 1. The quantitative estimate of drug-likeness (QED) is 0.880. The van der Waals surface area contributed by atoms with Gasteiger partial charge in [-0.05, 0) is 37.6 Å². The first-order chi connectivity index (χ1) is 9.13. The number of aromatic nitrogens is 2. The summed E-state index contributed by atoms with van der Waals surface area (Å²) >= 11 is 0. The fourth-order valence-electron chi connectivity index (χ4n) is 1.85. The van der Waals surface area contributed by atoms with Gasteiger partial charge in [0.25, 0.3) is 5.56 Å². The maximum absolute atomic E-state index is 11.8. The van der Waals surface area contributed by atoms with Crippen LogP contribution in [0, 0.1) is 18.3 Å². The molecule has 1 aromatic carbocycles. The Morgan fingerprint density at radius 2 is 2.05 bits per heavy atom. The summed E-state index contributed by atoms with van der Waals surface area (Å²) in [6.07, 6.45) is 0.658. The highest BCUT2D eigenvalue weighted by Crippen LogP contribution is 2.13. The molecule has 0 bridgehead atoms. The van der Waals surface area contributed by atoms with Crippen LogP contribution < -0.4 is 10.9 Å². The highest BCUT2D eigenvalue weighted by molar-refractivity contribution is 5.54. The highest BCUT2D eigenvalue weighted by Gasteiger charge is 2.06. The van der Waals surface area contributed by atoms with Crippen molar-refractivity contribution in [3.8, 4) is 6.07 Å². The minimum Gasteiger partial charge on any atom is -0.326 e. The normalized spacial score (nSPS) is 9.95. The first-order valence-corrected chi connectivity index (χ1v) is 6.01. The van der Waals surface area contributed by atoms with E-state index in [-0.39, 0.29) is 5.56 Å². The lowest BCUT2D eigenvalue weighted by atomic mass is 10.2. The van der Waals surface area contributed by atoms with Crippen LogP contribution in [-0.4, -0.2) is 9.97 Å². The Bertz CT molecular complexity index is 680. The average molecular weight is 254 g/mol. The first-order valence-electron chi connectivity index (χ1n) is 6.01. The lowest BCUT2D eigenvalue weighted by molar-refractivity contribution is 0.967. The number of nitriles is 1. The third-order valence-electron chi connectivity index (χ3n) is 2.85. The molecule has 1 heterocycles. The molecule has 2 N–H and O–H groups in total. The van der Waals surface area contributed by atoms with Gasteiger partial charge >= 0.3 is 0 Å². The van der Waals surface area contributed by atoms with E-state index in [1.807, 2.05) is 13.8 Å². The summed E-state index contributed by atoms with van der Waals surface area (Å²) in [5, 5.41) is 11.7. The molecule has 0 unspecified atom stereocenters. The predicted molar refractivity (Wildman–Crippen MR) is 73.4 cm³/mol. The smallest absolute Gasteiger partial charge is 0.255 e. The Balaban J connectivity index is 2.28. The lowest BCUT2D eigenvalue weighted by Gasteiger charge is -2.08. The topological polar surface area (TPSA) is 81.6 Å². The predicted octanol–water partition coefficient (Wildman–Crippen LogP) is 2.26. The zero-order valence-corrected chi connectivity index (χ0v) is 10.8. The Hall–Kier alpha value is -2.61. The fraction of sp³-hybridized carbons (Fsp3) is 0.214. The Morgan fingerprint density at radius 3 is 2.58 bits per heavy atom. The third kappa shape index (κ3) is 2.80. The largest absolute Gasteiger partial charge is 0.326 e. The maximum atomic E-state index is 11.8. The van der Waals surface area contributed by atoms with Crippen LogP contribution >= 0.6 is 0 Å². The molecule has 19 heavy (non-hydrogen) atoms. The number of aromatic amines is 1. The van der Waals surface area contributed by atoms with Crippen LogP contribution in [0.25, 0.3) is 0 Å². The molecule has 0 aliphatic heterocycles.